The van der Waals surface area contributed by atoms with Crippen LogP contribution in [-0.4, -0.2) is 44.7 Å². The molecule has 3 aromatic rings. The highest BCUT2D eigenvalue weighted by atomic mass is 16.5. The number of nitrogens with one attached hydrogen (secondary N) is 1. The molecule has 0 atom stereocenters. The van der Waals surface area contributed by atoms with E-state index in [0.717, 1.165) is 35.2 Å². The highest BCUT2D eigenvalue weighted by molar-refractivity contribution is 6.09. The van der Waals surface area contributed by atoms with E-state index in [2.05, 4.69) is 16.3 Å². The van der Waals surface area contributed by atoms with Crippen molar-refractivity contribution in [3.63, 3.8) is 0 Å². The van der Waals surface area contributed by atoms with Gasteiger partial charge in [0.15, 0.2) is 11.5 Å². The number of carbonyl (C=O) groups excluding carboxylic acids is 1. The number of anilines is 1. The predicted octanol–water partition coefficient (Wildman–Crippen LogP) is 4.21. The zero-order valence-corrected chi connectivity index (χ0v) is 18.2. The molecular weight excluding hydrogens is 390 g/mol. The van der Waals surface area contributed by atoms with Crippen LogP contribution in [0.1, 0.15) is 35.2 Å². The van der Waals surface area contributed by atoms with Gasteiger partial charge in [-0.1, -0.05) is 30.3 Å². The molecule has 0 radical (unpaired) electrons. The number of pyridine rings is 1. The van der Waals surface area contributed by atoms with Gasteiger partial charge in [-0.15, -0.1) is 0 Å². The van der Waals surface area contributed by atoms with Gasteiger partial charge in [-0.2, -0.15) is 0 Å². The van der Waals surface area contributed by atoms with Crippen LogP contribution in [0, 0.1) is 0 Å². The molecule has 0 aliphatic carbocycles. The lowest BCUT2D eigenvalue weighted by Crippen LogP contribution is -2.31. The molecule has 1 aliphatic rings. The van der Waals surface area contributed by atoms with Crippen LogP contribution in [-0.2, 0) is 6.42 Å². The Morgan fingerprint density at radius 2 is 1.74 bits per heavy atom. The van der Waals surface area contributed by atoms with Gasteiger partial charge >= 0.3 is 0 Å². The van der Waals surface area contributed by atoms with E-state index in [4.69, 9.17) is 14.5 Å². The van der Waals surface area contributed by atoms with E-state index >= 15 is 0 Å². The van der Waals surface area contributed by atoms with Crippen molar-refractivity contribution < 1.29 is 14.3 Å². The first-order valence-electron chi connectivity index (χ1n) is 10.8. The smallest absolute Gasteiger partial charge is 0.253 e. The van der Waals surface area contributed by atoms with Crippen molar-refractivity contribution in [1.82, 2.24) is 10.3 Å². The van der Waals surface area contributed by atoms with Crippen LogP contribution in [0.15, 0.2) is 48.7 Å². The molecule has 4 rings (SSSR count). The molecule has 162 valence electrons. The van der Waals surface area contributed by atoms with Gasteiger partial charge in [0.25, 0.3) is 5.91 Å². The van der Waals surface area contributed by atoms with Gasteiger partial charge < -0.3 is 19.7 Å². The van der Waals surface area contributed by atoms with Crippen LogP contribution in [0.4, 0.5) is 5.82 Å². The minimum Gasteiger partial charge on any atom is -0.493 e. The summed E-state index contributed by atoms with van der Waals surface area (Å²) in [5, 5.41) is 5.02. The molecule has 1 aliphatic heterocycles. The second-order valence-electron chi connectivity index (χ2n) is 7.78. The summed E-state index contributed by atoms with van der Waals surface area (Å²) in [4.78, 5) is 20.0. The van der Waals surface area contributed by atoms with Crippen LogP contribution in [0.25, 0.3) is 10.8 Å². The summed E-state index contributed by atoms with van der Waals surface area (Å²) >= 11 is 0. The van der Waals surface area contributed by atoms with E-state index in [9.17, 15) is 4.79 Å². The van der Waals surface area contributed by atoms with E-state index in [-0.39, 0.29) is 5.91 Å². The van der Waals surface area contributed by atoms with Gasteiger partial charge in [-0.3, -0.25) is 4.79 Å². The number of carbonyl (C=O) groups is 1. The number of ether oxygens (including phenoxy) is 2. The van der Waals surface area contributed by atoms with E-state index in [0.29, 0.717) is 30.0 Å². The number of hydrogen-bond acceptors (Lipinski definition) is 5. The first-order chi connectivity index (χ1) is 15.2. The Morgan fingerprint density at radius 1 is 1.00 bits per heavy atom. The van der Waals surface area contributed by atoms with E-state index < -0.39 is 0 Å². The van der Waals surface area contributed by atoms with E-state index in [1.807, 2.05) is 36.4 Å². The number of methoxy groups -OCH3 is 2. The fraction of sp³-hybridized carbons (Fsp3) is 0.360. The normalized spacial score (nSPS) is 13.8. The van der Waals surface area contributed by atoms with E-state index in [1.165, 1.54) is 19.3 Å². The van der Waals surface area contributed by atoms with Gasteiger partial charge in [-0.25, -0.2) is 4.98 Å². The lowest BCUT2D eigenvalue weighted by molar-refractivity contribution is 0.0955. The molecule has 6 nitrogen and oxygen atoms in total. The predicted molar refractivity (Wildman–Crippen MR) is 123 cm³/mol. The Morgan fingerprint density at radius 3 is 2.48 bits per heavy atom. The quantitative estimate of drug-likeness (QED) is 0.621. The van der Waals surface area contributed by atoms with Crippen molar-refractivity contribution in [2.45, 2.75) is 25.7 Å². The van der Waals surface area contributed by atoms with Crippen LogP contribution in [0.2, 0.25) is 0 Å². The third-order valence-electron chi connectivity index (χ3n) is 5.82. The number of benzene rings is 2. The molecule has 1 fully saturated rings. The van der Waals surface area contributed by atoms with Gasteiger partial charge in [0.05, 0.1) is 19.8 Å². The summed E-state index contributed by atoms with van der Waals surface area (Å²) in [6.07, 6.45) is 6.07. The van der Waals surface area contributed by atoms with Gasteiger partial charge in [-0.05, 0) is 48.8 Å². The minimum atomic E-state index is -0.102. The van der Waals surface area contributed by atoms with Gasteiger partial charge in [0.2, 0.25) is 0 Å². The Labute approximate surface area is 183 Å². The second-order valence-corrected chi connectivity index (χ2v) is 7.78. The first-order valence-corrected chi connectivity index (χ1v) is 10.8. The van der Waals surface area contributed by atoms with Gasteiger partial charge in [0, 0.05) is 31.2 Å². The summed E-state index contributed by atoms with van der Waals surface area (Å²) in [5.74, 6) is 2.27. The number of aromatic nitrogens is 1. The Bertz CT molecular complexity index is 1060. The molecule has 0 spiro atoms. The highest BCUT2D eigenvalue weighted by Crippen LogP contribution is 2.29. The summed E-state index contributed by atoms with van der Waals surface area (Å²) < 4.78 is 10.6. The average molecular weight is 420 g/mol. The van der Waals surface area contributed by atoms with Crippen molar-refractivity contribution >= 4 is 22.5 Å². The Kier molecular flexibility index (Phi) is 6.55. The topological polar surface area (TPSA) is 63.7 Å². The van der Waals surface area contributed by atoms with Crippen molar-refractivity contribution in [2.75, 3.05) is 38.8 Å². The van der Waals surface area contributed by atoms with Crippen LogP contribution in [0.5, 0.6) is 11.5 Å². The summed E-state index contributed by atoms with van der Waals surface area (Å²) in [6, 6.07) is 13.9. The zero-order chi connectivity index (χ0) is 21.6. The van der Waals surface area contributed by atoms with Crippen molar-refractivity contribution in [3.8, 4) is 11.5 Å². The lowest BCUT2D eigenvalue weighted by Gasteiger charge is -2.29. The van der Waals surface area contributed by atoms with Crippen molar-refractivity contribution in [3.05, 3.63) is 59.8 Å². The maximum Gasteiger partial charge on any atom is 0.253 e. The van der Waals surface area contributed by atoms with Crippen LogP contribution >= 0.6 is 0 Å². The average Bonchev–Trinajstić information content (AvgIpc) is 2.83. The van der Waals surface area contributed by atoms with E-state index in [1.54, 1.807) is 20.4 Å². The monoisotopic (exact) mass is 419 g/mol. The molecular formula is C25H29N3O3. The molecule has 0 bridgehead atoms. The standard InChI is InChI=1S/C25H29N3O3/c1-30-22-11-10-18(16-23(22)31-2)12-13-26-25(29)21-17-27-24(28-14-6-3-7-15-28)20-9-5-4-8-19(20)21/h4-5,8-11,16-17H,3,6-7,12-15H2,1-2H3,(H,26,29). The molecule has 2 heterocycles. The second kappa shape index (κ2) is 9.69. The number of rotatable bonds is 7. The van der Waals surface area contributed by atoms with Gasteiger partial charge in [0.1, 0.15) is 5.82 Å². The first kappa shape index (κ1) is 21.0. The number of amides is 1. The largest absolute Gasteiger partial charge is 0.493 e. The van der Waals surface area contributed by atoms with Crippen molar-refractivity contribution in [1.29, 1.82) is 0 Å². The summed E-state index contributed by atoms with van der Waals surface area (Å²) in [6.45, 7) is 2.57. The zero-order valence-electron chi connectivity index (χ0n) is 18.2. The molecule has 1 saturated heterocycles. The fourth-order valence-corrected chi connectivity index (χ4v) is 4.17. The summed E-state index contributed by atoms with van der Waals surface area (Å²) in [5.41, 5.74) is 1.69. The van der Waals surface area contributed by atoms with Crippen LogP contribution in [0.3, 0.4) is 0 Å². The lowest BCUT2D eigenvalue weighted by atomic mass is 10.0. The fourth-order valence-electron chi connectivity index (χ4n) is 4.17. The molecule has 1 aromatic heterocycles. The molecule has 6 heteroatoms. The highest BCUT2D eigenvalue weighted by Gasteiger charge is 2.18. The SMILES string of the molecule is COc1ccc(CCNC(=O)c2cnc(N3CCCCC3)c3ccccc23)cc1OC. The maximum absolute atomic E-state index is 13.0. The Hall–Kier alpha value is -3.28. The van der Waals surface area contributed by atoms with Crippen molar-refractivity contribution in [2.24, 2.45) is 0 Å². The number of fused-ring (bicyclic) bond motifs is 1. The Balaban J connectivity index is 1.48. The minimum absolute atomic E-state index is 0.102. The van der Waals surface area contributed by atoms with Crippen LogP contribution < -0.4 is 19.7 Å². The molecule has 1 amide bonds. The molecule has 1 N–H and O–H groups in total. The molecule has 0 saturated carbocycles. The third kappa shape index (κ3) is 4.58. The number of nitrogens with zero attached hydrogens (tertiary/aromatic N) is 2. The maximum atomic E-state index is 13.0. The summed E-state index contributed by atoms with van der Waals surface area (Å²) in [7, 11) is 3.24. The number of piperidine rings is 1. The molecule has 0 unspecified atom stereocenters. The molecule has 2 aromatic carbocycles. The third-order valence-corrected chi connectivity index (χ3v) is 5.82. The number of hydrogen-bond donors (Lipinski definition) is 1. The molecule has 31 heavy (non-hydrogen) atoms.